The molecule has 1 aliphatic heterocycles. The summed E-state index contributed by atoms with van der Waals surface area (Å²) in [6.07, 6.45) is 1.04. The Morgan fingerprint density at radius 2 is 1.92 bits per heavy atom. The van der Waals surface area contributed by atoms with Gasteiger partial charge in [0.15, 0.2) is 0 Å². The number of anilines is 1. The van der Waals surface area contributed by atoms with Gasteiger partial charge in [0.1, 0.15) is 0 Å². The monoisotopic (exact) mass is 220 g/mol. The Morgan fingerprint density at radius 1 is 1.23 bits per heavy atom. The van der Waals surface area contributed by atoms with E-state index >= 15 is 0 Å². The van der Waals surface area contributed by atoms with Gasteiger partial charge in [-0.05, 0) is 18.1 Å². The van der Waals surface area contributed by atoms with Crippen molar-refractivity contribution in [3.05, 3.63) is 29.8 Å². The first kappa shape index (κ1) is 12.6. The van der Waals surface area contributed by atoms with Gasteiger partial charge in [-0.3, -0.25) is 0 Å². The fraction of sp³-hybridized carbons (Fsp3) is 0.333. The summed E-state index contributed by atoms with van der Waals surface area (Å²) in [4.78, 5) is 0. The van der Waals surface area contributed by atoms with Crippen LogP contribution in [-0.2, 0) is 0 Å². The third-order valence-electron chi connectivity index (χ3n) is 2.13. The fourth-order valence-corrected chi connectivity index (χ4v) is 1.50. The van der Waals surface area contributed by atoms with Crippen LogP contribution in [0.5, 0.6) is 0 Å². The lowest BCUT2D eigenvalue weighted by Gasteiger charge is -2.23. The van der Waals surface area contributed by atoms with Gasteiger partial charge in [0.05, 0.1) is 0 Å². The van der Waals surface area contributed by atoms with Crippen LogP contribution >= 0.6 is 24.8 Å². The molecule has 0 radical (unpaired) electrons. The molecule has 1 heterocycles. The van der Waals surface area contributed by atoms with Gasteiger partial charge in [-0.2, -0.15) is 0 Å². The normalized spacial score (nSPS) is 18.7. The topological polar surface area (TPSA) is 38.0 Å². The van der Waals surface area contributed by atoms with E-state index < -0.39 is 0 Å². The van der Waals surface area contributed by atoms with Crippen LogP contribution in [0, 0.1) is 0 Å². The molecule has 0 saturated carbocycles. The van der Waals surface area contributed by atoms with Gasteiger partial charge in [0.25, 0.3) is 0 Å². The molecule has 0 bridgehead atoms. The highest BCUT2D eigenvalue weighted by Gasteiger charge is 2.14. The minimum absolute atomic E-state index is 0. The molecular weight excluding hydrogens is 207 g/mol. The molecule has 1 aliphatic rings. The summed E-state index contributed by atoms with van der Waals surface area (Å²) in [6, 6.07) is 8.46. The molecule has 0 aromatic heterocycles. The molecule has 0 amide bonds. The summed E-state index contributed by atoms with van der Waals surface area (Å²) in [5.41, 5.74) is 8.36. The molecule has 0 aliphatic carbocycles. The Bertz CT molecular complexity index is 266. The summed E-state index contributed by atoms with van der Waals surface area (Å²) >= 11 is 0. The average molecular weight is 221 g/mol. The van der Waals surface area contributed by atoms with Gasteiger partial charge in [-0.1, -0.05) is 18.2 Å². The Hall–Kier alpha value is -0.440. The summed E-state index contributed by atoms with van der Waals surface area (Å²) in [5, 5.41) is 3.31. The van der Waals surface area contributed by atoms with Gasteiger partial charge < -0.3 is 11.1 Å². The molecule has 0 spiro atoms. The standard InChI is InChI=1S/C9H12N2.2ClH/c10-8-5-6-11-9-4-2-1-3-7(8)9;;/h1-4,8,11H,5-6,10H2;2*1H. The predicted molar refractivity (Wildman–Crippen MR) is 61.0 cm³/mol. The number of para-hydroxylation sites is 1. The zero-order valence-electron chi connectivity index (χ0n) is 7.19. The Kier molecular flexibility index (Phi) is 5.14. The Labute approximate surface area is 90.7 Å². The van der Waals surface area contributed by atoms with Gasteiger partial charge in [-0.15, -0.1) is 24.8 Å². The van der Waals surface area contributed by atoms with Gasteiger partial charge in [-0.25, -0.2) is 0 Å². The van der Waals surface area contributed by atoms with Crippen LogP contribution in [0.1, 0.15) is 18.0 Å². The molecule has 4 heteroatoms. The molecule has 1 atom stereocenters. The molecule has 1 aromatic carbocycles. The van der Waals surface area contributed by atoms with Gasteiger partial charge in [0, 0.05) is 18.3 Å². The third-order valence-corrected chi connectivity index (χ3v) is 2.13. The molecule has 1 unspecified atom stereocenters. The van der Waals surface area contributed by atoms with Crippen molar-refractivity contribution in [2.75, 3.05) is 11.9 Å². The minimum atomic E-state index is 0. The summed E-state index contributed by atoms with van der Waals surface area (Å²) in [7, 11) is 0. The first-order valence-corrected chi connectivity index (χ1v) is 3.96. The molecule has 0 saturated heterocycles. The lowest BCUT2D eigenvalue weighted by molar-refractivity contribution is 0.655. The number of fused-ring (bicyclic) bond motifs is 1. The second-order valence-corrected chi connectivity index (χ2v) is 2.91. The molecule has 2 nitrogen and oxygen atoms in total. The molecule has 74 valence electrons. The van der Waals surface area contributed by atoms with Crippen LogP contribution < -0.4 is 11.1 Å². The maximum absolute atomic E-state index is 5.91. The number of nitrogens with one attached hydrogen (secondary N) is 1. The number of halogens is 2. The quantitative estimate of drug-likeness (QED) is 0.705. The van der Waals surface area contributed by atoms with Crippen LogP contribution in [0.25, 0.3) is 0 Å². The second-order valence-electron chi connectivity index (χ2n) is 2.91. The number of hydrogen-bond donors (Lipinski definition) is 2. The molecule has 0 fully saturated rings. The molecule has 2 rings (SSSR count). The van der Waals surface area contributed by atoms with E-state index in [1.165, 1.54) is 11.3 Å². The maximum Gasteiger partial charge on any atom is 0.0388 e. The predicted octanol–water partition coefficient (Wildman–Crippen LogP) is 2.35. The second kappa shape index (κ2) is 5.32. The zero-order chi connectivity index (χ0) is 7.68. The summed E-state index contributed by atoms with van der Waals surface area (Å²) in [6.45, 7) is 0.998. The van der Waals surface area contributed by atoms with E-state index in [1.807, 2.05) is 12.1 Å². The number of rotatable bonds is 0. The fourth-order valence-electron chi connectivity index (χ4n) is 1.50. The highest BCUT2D eigenvalue weighted by Crippen LogP contribution is 2.26. The minimum Gasteiger partial charge on any atom is -0.385 e. The molecular formula is C9H14Cl2N2. The summed E-state index contributed by atoms with van der Waals surface area (Å²) < 4.78 is 0. The van der Waals surface area contributed by atoms with E-state index in [-0.39, 0.29) is 30.9 Å². The van der Waals surface area contributed by atoms with Crippen molar-refractivity contribution >= 4 is 30.5 Å². The van der Waals surface area contributed by atoms with Crippen molar-refractivity contribution in [1.29, 1.82) is 0 Å². The largest absolute Gasteiger partial charge is 0.385 e. The third kappa shape index (κ3) is 2.50. The van der Waals surface area contributed by atoms with Crippen molar-refractivity contribution in [3.63, 3.8) is 0 Å². The Morgan fingerprint density at radius 3 is 2.62 bits per heavy atom. The van der Waals surface area contributed by atoms with E-state index in [1.54, 1.807) is 0 Å². The van der Waals surface area contributed by atoms with Crippen molar-refractivity contribution < 1.29 is 0 Å². The number of hydrogen-bond acceptors (Lipinski definition) is 2. The van der Waals surface area contributed by atoms with E-state index in [4.69, 9.17) is 5.73 Å². The first-order chi connectivity index (χ1) is 5.38. The van der Waals surface area contributed by atoms with E-state index in [0.29, 0.717) is 0 Å². The van der Waals surface area contributed by atoms with Crippen LogP contribution in [0.4, 0.5) is 5.69 Å². The van der Waals surface area contributed by atoms with Crippen molar-refractivity contribution in [2.24, 2.45) is 5.73 Å². The number of benzene rings is 1. The molecule has 13 heavy (non-hydrogen) atoms. The highest BCUT2D eigenvalue weighted by molar-refractivity contribution is 5.85. The smallest absolute Gasteiger partial charge is 0.0388 e. The molecule has 1 aromatic rings. The van der Waals surface area contributed by atoms with Crippen LogP contribution in [0.15, 0.2) is 24.3 Å². The SMILES string of the molecule is Cl.Cl.NC1CCNc2ccccc21. The Balaban J connectivity index is 0.000000720. The van der Waals surface area contributed by atoms with Gasteiger partial charge in [0.2, 0.25) is 0 Å². The molecule has 3 N–H and O–H groups in total. The van der Waals surface area contributed by atoms with Crippen molar-refractivity contribution in [2.45, 2.75) is 12.5 Å². The number of nitrogens with two attached hydrogens (primary N) is 1. The van der Waals surface area contributed by atoms with Crippen LogP contribution in [0.3, 0.4) is 0 Å². The maximum atomic E-state index is 5.91. The lowest BCUT2D eigenvalue weighted by Crippen LogP contribution is -2.22. The van der Waals surface area contributed by atoms with Crippen LogP contribution in [-0.4, -0.2) is 6.54 Å². The average Bonchev–Trinajstić information content (AvgIpc) is 2.06. The van der Waals surface area contributed by atoms with Crippen molar-refractivity contribution in [1.82, 2.24) is 0 Å². The van der Waals surface area contributed by atoms with Gasteiger partial charge >= 0.3 is 0 Å². The lowest BCUT2D eigenvalue weighted by atomic mass is 9.99. The van der Waals surface area contributed by atoms with Crippen molar-refractivity contribution in [3.8, 4) is 0 Å². The van der Waals surface area contributed by atoms with E-state index in [0.717, 1.165) is 13.0 Å². The zero-order valence-corrected chi connectivity index (χ0v) is 8.83. The van der Waals surface area contributed by atoms with E-state index in [2.05, 4.69) is 17.4 Å². The van der Waals surface area contributed by atoms with E-state index in [9.17, 15) is 0 Å². The highest BCUT2D eigenvalue weighted by atomic mass is 35.5. The summed E-state index contributed by atoms with van der Waals surface area (Å²) in [5.74, 6) is 0. The van der Waals surface area contributed by atoms with Crippen LogP contribution in [0.2, 0.25) is 0 Å². The first-order valence-electron chi connectivity index (χ1n) is 3.96.